The Bertz CT molecular complexity index is 877. The van der Waals surface area contributed by atoms with Crippen LogP contribution in [-0.4, -0.2) is 6.61 Å². The number of benzene rings is 2. The minimum absolute atomic E-state index is 0.00952. The summed E-state index contributed by atoms with van der Waals surface area (Å²) >= 11 is 0. The standard InChI is InChI=1S/C29H36F2O/c1-3-5-21-32-27-20-19-26(28(30)29(27)31)25-17-15-24(16-18-25)10-7-6-9-23-13-11-22(8-4-2)12-14-23/h3,7,10-14,19-20,24-25H,1,4-6,8-9,15-18,21H2,2H3/b10-7+. The fraction of sp³-hybridized carbons (Fsp3) is 0.448. The van der Waals surface area contributed by atoms with Gasteiger partial charge in [0, 0.05) is 0 Å². The van der Waals surface area contributed by atoms with E-state index in [-0.39, 0.29) is 11.7 Å². The molecule has 0 aromatic heterocycles. The second-order valence-corrected chi connectivity index (χ2v) is 8.85. The third kappa shape index (κ3) is 6.79. The maximum atomic E-state index is 14.6. The van der Waals surface area contributed by atoms with Crippen molar-refractivity contribution in [3.63, 3.8) is 0 Å². The zero-order chi connectivity index (χ0) is 22.8. The van der Waals surface area contributed by atoms with Gasteiger partial charge in [0.1, 0.15) is 0 Å². The highest BCUT2D eigenvalue weighted by Gasteiger charge is 2.25. The van der Waals surface area contributed by atoms with Crippen molar-refractivity contribution in [2.75, 3.05) is 6.61 Å². The van der Waals surface area contributed by atoms with Gasteiger partial charge in [-0.1, -0.05) is 61.9 Å². The van der Waals surface area contributed by atoms with Gasteiger partial charge >= 0.3 is 0 Å². The van der Waals surface area contributed by atoms with Crippen LogP contribution in [-0.2, 0) is 12.8 Å². The predicted octanol–water partition coefficient (Wildman–Crippen LogP) is 8.34. The number of aryl methyl sites for hydroxylation is 2. The predicted molar refractivity (Wildman–Crippen MR) is 129 cm³/mol. The molecule has 0 aliphatic heterocycles. The van der Waals surface area contributed by atoms with Crippen molar-refractivity contribution in [2.24, 2.45) is 5.92 Å². The van der Waals surface area contributed by atoms with Crippen LogP contribution in [0.4, 0.5) is 8.78 Å². The zero-order valence-electron chi connectivity index (χ0n) is 19.3. The highest BCUT2D eigenvalue weighted by molar-refractivity contribution is 5.33. The van der Waals surface area contributed by atoms with E-state index >= 15 is 0 Å². The molecule has 2 aromatic carbocycles. The monoisotopic (exact) mass is 438 g/mol. The molecule has 0 saturated heterocycles. The average molecular weight is 439 g/mol. The second kappa shape index (κ2) is 12.6. The molecule has 0 heterocycles. The van der Waals surface area contributed by atoms with Crippen molar-refractivity contribution in [1.29, 1.82) is 0 Å². The first-order valence-corrected chi connectivity index (χ1v) is 12.1. The van der Waals surface area contributed by atoms with Crippen LogP contribution in [0.3, 0.4) is 0 Å². The van der Waals surface area contributed by atoms with Crippen LogP contribution in [0.5, 0.6) is 5.75 Å². The number of rotatable bonds is 11. The lowest BCUT2D eigenvalue weighted by atomic mass is 9.78. The molecule has 0 amide bonds. The summed E-state index contributed by atoms with van der Waals surface area (Å²) < 4.78 is 34.4. The van der Waals surface area contributed by atoms with Crippen molar-refractivity contribution in [3.8, 4) is 5.75 Å². The molecule has 1 nitrogen and oxygen atoms in total. The van der Waals surface area contributed by atoms with Crippen molar-refractivity contribution >= 4 is 0 Å². The van der Waals surface area contributed by atoms with Crippen LogP contribution in [0.25, 0.3) is 0 Å². The Hall–Kier alpha value is -2.42. The lowest BCUT2D eigenvalue weighted by Gasteiger charge is -2.27. The summed E-state index contributed by atoms with van der Waals surface area (Å²) in [5.41, 5.74) is 3.29. The number of ether oxygens (including phenoxy) is 1. The summed E-state index contributed by atoms with van der Waals surface area (Å²) in [5.74, 6) is -1.00. The molecule has 0 atom stereocenters. The average Bonchev–Trinajstić information content (AvgIpc) is 2.81. The molecule has 0 bridgehead atoms. The van der Waals surface area contributed by atoms with E-state index in [0.29, 0.717) is 24.5 Å². The second-order valence-electron chi connectivity index (χ2n) is 8.85. The van der Waals surface area contributed by atoms with Crippen molar-refractivity contribution in [2.45, 2.75) is 70.6 Å². The van der Waals surface area contributed by atoms with E-state index in [0.717, 1.165) is 44.9 Å². The van der Waals surface area contributed by atoms with Gasteiger partial charge in [-0.05, 0) is 86.0 Å². The highest BCUT2D eigenvalue weighted by atomic mass is 19.2. The molecular formula is C29H36F2O. The van der Waals surface area contributed by atoms with Gasteiger partial charge in [-0.3, -0.25) is 0 Å². The minimum Gasteiger partial charge on any atom is -0.490 e. The van der Waals surface area contributed by atoms with E-state index in [1.54, 1.807) is 18.2 Å². The van der Waals surface area contributed by atoms with E-state index in [2.05, 4.69) is 49.9 Å². The van der Waals surface area contributed by atoms with Gasteiger partial charge in [0.2, 0.25) is 5.82 Å². The third-order valence-corrected chi connectivity index (χ3v) is 6.44. The number of allylic oxidation sites excluding steroid dienone is 2. The van der Waals surface area contributed by atoms with Crippen molar-refractivity contribution in [3.05, 3.63) is 89.5 Å². The lowest BCUT2D eigenvalue weighted by Crippen LogP contribution is -2.14. The van der Waals surface area contributed by atoms with Crippen molar-refractivity contribution < 1.29 is 13.5 Å². The summed E-state index contributed by atoms with van der Waals surface area (Å²) in [7, 11) is 0. The molecule has 0 radical (unpaired) electrons. The van der Waals surface area contributed by atoms with Crippen LogP contribution in [0.2, 0.25) is 0 Å². The van der Waals surface area contributed by atoms with E-state index in [9.17, 15) is 8.78 Å². The Morgan fingerprint density at radius 3 is 2.25 bits per heavy atom. The number of hydrogen-bond acceptors (Lipinski definition) is 1. The summed E-state index contributed by atoms with van der Waals surface area (Å²) in [5, 5.41) is 0. The van der Waals surface area contributed by atoms with Gasteiger partial charge in [-0.25, -0.2) is 4.39 Å². The van der Waals surface area contributed by atoms with Gasteiger partial charge in [0.15, 0.2) is 11.6 Å². The van der Waals surface area contributed by atoms with Crippen LogP contribution in [0.1, 0.15) is 74.5 Å². The van der Waals surface area contributed by atoms with Crippen LogP contribution in [0.15, 0.2) is 61.2 Å². The summed E-state index contributed by atoms with van der Waals surface area (Å²) in [6.45, 7) is 6.12. The van der Waals surface area contributed by atoms with Gasteiger partial charge in [0.05, 0.1) is 6.61 Å². The highest BCUT2D eigenvalue weighted by Crippen LogP contribution is 2.39. The molecular weight excluding hydrogens is 402 g/mol. The first-order valence-electron chi connectivity index (χ1n) is 12.1. The number of hydrogen-bond donors (Lipinski definition) is 0. The third-order valence-electron chi connectivity index (χ3n) is 6.44. The minimum atomic E-state index is -0.865. The Morgan fingerprint density at radius 1 is 0.906 bits per heavy atom. The molecule has 0 N–H and O–H groups in total. The normalized spacial score (nSPS) is 18.7. The molecule has 1 fully saturated rings. The van der Waals surface area contributed by atoms with Crippen LogP contribution in [0, 0.1) is 17.6 Å². The summed E-state index contributed by atoms with van der Waals surface area (Å²) in [4.78, 5) is 0. The first kappa shape index (κ1) is 24.2. The van der Waals surface area contributed by atoms with Gasteiger partial charge in [-0.2, -0.15) is 4.39 Å². The molecule has 1 saturated carbocycles. The van der Waals surface area contributed by atoms with Gasteiger partial charge in [0.25, 0.3) is 0 Å². The van der Waals surface area contributed by atoms with Gasteiger partial charge in [-0.15, -0.1) is 6.58 Å². The molecule has 0 spiro atoms. The zero-order valence-corrected chi connectivity index (χ0v) is 19.3. The molecule has 3 rings (SSSR count). The van der Waals surface area contributed by atoms with Crippen LogP contribution >= 0.6 is 0 Å². The van der Waals surface area contributed by atoms with E-state index < -0.39 is 11.6 Å². The maximum Gasteiger partial charge on any atom is 0.200 e. The quantitative estimate of drug-likeness (QED) is 0.253. The van der Waals surface area contributed by atoms with Gasteiger partial charge < -0.3 is 4.74 Å². The maximum absolute atomic E-state index is 14.6. The molecule has 1 aliphatic carbocycles. The van der Waals surface area contributed by atoms with Crippen LogP contribution < -0.4 is 4.74 Å². The Balaban J connectivity index is 1.45. The van der Waals surface area contributed by atoms with E-state index in [1.807, 2.05) is 0 Å². The molecule has 32 heavy (non-hydrogen) atoms. The Morgan fingerprint density at radius 2 is 1.59 bits per heavy atom. The molecule has 172 valence electrons. The lowest BCUT2D eigenvalue weighted by molar-refractivity contribution is 0.298. The Kier molecular flexibility index (Phi) is 9.52. The largest absolute Gasteiger partial charge is 0.490 e. The Labute approximate surface area is 192 Å². The molecule has 3 heteroatoms. The molecule has 0 unspecified atom stereocenters. The fourth-order valence-electron chi connectivity index (χ4n) is 4.55. The fourth-order valence-corrected chi connectivity index (χ4v) is 4.55. The molecule has 2 aromatic rings. The van der Waals surface area contributed by atoms with E-state index in [1.165, 1.54) is 17.5 Å². The first-order chi connectivity index (χ1) is 15.6. The number of halogens is 2. The topological polar surface area (TPSA) is 9.23 Å². The van der Waals surface area contributed by atoms with Crippen molar-refractivity contribution in [1.82, 2.24) is 0 Å². The van der Waals surface area contributed by atoms with E-state index in [4.69, 9.17) is 4.74 Å². The summed E-state index contributed by atoms with van der Waals surface area (Å²) in [6.07, 6.45) is 15.2. The smallest absolute Gasteiger partial charge is 0.200 e. The molecule has 1 aliphatic rings. The summed E-state index contributed by atoms with van der Waals surface area (Å²) in [6, 6.07) is 12.2. The SMILES string of the molecule is C=CCCOc1ccc(C2CCC(/C=C/CCc3ccc(CCC)cc3)CC2)c(F)c1F.